The highest BCUT2D eigenvalue weighted by molar-refractivity contribution is 6.45. The van der Waals surface area contributed by atoms with Crippen molar-refractivity contribution in [1.82, 2.24) is 10.6 Å². The van der Waals surface area contributed by atoms with Crippen LogP contribution in [0.5, 0.6) is 0 Å². The molecule has 0 saturated heterocycles. The molecule has 0 radical (unpaired) electrons. The Bertz CT molecular complexity index is 837. The lowest BCUT2D eigenvalue weighted by Gasteiger charge is -2.45. The molecule has 0 spiro atoms. The normalized spacial score (nSPS) is 23.2. The van der Waals surface area contributed by atoms with Crippen LogP contribution in [0.25, 0.3) is 0 Å². The molecule has 9 heteroatoms. The molecule has 1 aliphatic rings. The van der Waals surface area contributed by atoms with Crippen LogP contribution in [-0.4, -0.2) is 42.5 Å². The molecule has 0 heterocycles. The lowest BCUT2D eigenvalue weighted by molar-refractivity contribution is -0.120. The molecule has 33 heavy (non-hydrogen) atoms. The van der Waals surface area contributed by atoms with Crippen molar-refractivity contribution in [3.8, 4) is 0 Å². The standard InChI is InChI=1S/C24H37BCl2N2O4/c1-14(2)9-21(25(32)33-20-10-16(4)24(5,6)12-15(20)3)29-22(30)13-28-23(31)18-11-17(26)7-8-19(18)27/h7-8,11,14-16,20-21,32H,9-10,12-13H2,1-6H3,(H,28,31)(H,29,30)/t15?,16-,20?,21-/m0/s1. The van der Waals surface area contributed by atoms with Gasteiger partial charge in [-0.05, 0) is 60.6 Å². The van der Waals surface area contributed by atoms with E-state index >= 15 is 0 Å². The molecule has 3 N–H and O–H groups in total. The van der Waals surface area contributed by atoms with E-state index in [9.17, 15) is 14.6 Å². The quantitative estimate of drug-likeness (QED) is 0.428. The topological polar surface area (TPSA) is 87.7 Å². The summed E-state index contributed by atoms with van der Waals surface area (Å²) < 4.78 is 6.08. The third-order valence-corrected chi connectivity index (χ3v) is 7.28. The number of hydrogen-bond acceptors (Lipinski definition) is 4. The van der Waals surface area contributed by atoms with Crippen LogP contribution in [0, 0.1) is 23.2 Å². The SMILES string of the molecule is CC(C)C[C@H](NC(=O)CNC(=O)c1cc(Cl)ccc1Cl)B(O)OC1C[C@H](C)C(C)(C)CC1C. The van der Waals surface area contributed by atoms with Gasteiger partial charge in [-0.1, -0.05) is 64.7 Å². The molecule has 1 aromatic rings. The Morgan fingerprint density at radius 1 is 1.27 bits per heavy atom. The van der Waals surface area contributed by atoms with Gasteiger partial charge in [-0.25, -0.2) is 0 Å². The van der Waals surface area contributed by atoms with Crippen LogP contribution in [0.2, 0.25) is 10.0 Å². The molecule has 1 aromatic carbocycles. The third-order valence-electron chi connectivity index (χ3n) is 6.72. The Kier molecular flexibility index (Phi) is 10.1. The zero-order valence-electron chi connectivity index (χ0n) is 20.5. The summed E-state index contributed by atoms with van der Waals surface area (Å²) >= 11 is 12.0. The summed E-state index contributed by atoms with van der Waals surface area (Å²) in [5, 5.41) is 16.9. The summed E-state index contributed by atoms with van der Waals surface area (Å²) in [7, 11) is -1.13. The molecule has 1 fully saturated rings. The predicted octanol–water partition coefficient (Wildman–Crippen LogP) is 4.75. The van der Waals surface area contributed by atoms with E-state index < -0.39 is 24.9 Å². The Labute approximate surface area is 208 Å². The van der Waals surface area contributed by atoms with Gasteiger partial charge in [0.25, 0.3) is 5.91 Å². The van der Waals surface area contributed by atoms with Crippen LogP contribution in [0.1, 0.15) is 71.2 Å². The van der Waals surface area contributed by atoms with Gasteiger partial charge < -0.3 is 20.3 Å². The van der Waals surface area contributed by atoms with E-state index in [0.717, 1.165) is 12.8 Å². The van der Waals surface area contributed by atoms with Gasteiger partial charge >= 0.3 is 7.12 Å². The maximum Gasteiger partial charge on any atom is 0.478 e. The first-order valence-corrected chi connectivity index (χ1v) is 12.4. The lowest BCUT2D eigenvalue weighted by atomic mass is 9.64. The molecular weight excluding hydrogens is 462 g/mol. The number of carbonyl (C=O) groups excluding carboxylic acids is 2. The fourth-order valence-corrected chi connectivity index (χ4v) is 4.84. The molecule has 6 nitrogen and oxygen atoms in total. The number of hydrogen-bond donors (Lipinski definition) is 3. The Morgan fingerprint density at radius 3 is 2.58 bits per heavy atom. The highest BCUT2D eigenvalue weighted by atomic mass is 35.5. The largest absolute Gasteiger partial charge is 0.478 e. The summed E-state index contributed by atoms with van der Waals surface area (Å²) in [6.07, 6.45) is 2.36. The van der Waals surface area contributed by atoms with Crippen molar-refractivity contribution in [2.24, 2.45) is 23.2 Å². The van der Waals surface area contributed by atoms with Gasteiger partial charge in [-0.15, -0.1) is 0 Å². The fraction of sp³-hybridized carbons (Fsp3) is 0.667. The number of halogens is 2. The van der Waals surface area contributed by atoms with E-state index in [1.807, 2.05) is 13.8 Å². The van der Waals surface area contributed by atoms with Gasteiger partial charge in [0, 0.05) is 11.1 Å². The first-order chi connectivity index (χ1) is 15.3. The van der Waals surface area contributed by atoms with Crippen LogP contribution >= 0.6 is 23.2 Å². The summed E-state index contributed by atoms with van der Waals surface area (Å²) in [6.45, 7) is 12.7. The average molecular weight is 499 g/mol. The van der Waals surface area contributed by atoms with Crippen LogP contribution in [0.3, 0.4) is 0 Å². The first kappa shape index (κ1) is 28.0. The van der Waals surface area contributed by atoms with Gasteiger partial charge in [-0.2, -0.15) is 0 Å². The van der Waals surface area contributed by atoms with Gasteiger partial charge in [0.05, 0.1) is 23.1 Å². The molecule has 2 amide bonds. The third kappa shape index (κ3) is 8.16. The van der Waals surface area contributed by atoms with Crippen molar-refractivity contribution in [3.63, 3.8) is 0 Å². The Hall–Kier alpha value is -1.28. The minimum Gasteiger partial charge on any atom is -0.426 e. The van der Waals surface area contributed by atoms with Gasteiger partial charge in [0.15, 0.2) is 0 Å². The van der Waals surface area contributed by atoms with E-state index in [1.54, 1.807) is 6.07 Å². The first-order valence-electron chi connectivity index (χ1n) is 11.7. The van der Waals surface area contributed by atoms with Gasteiger partial charge in [-0.3, -0.25) is 9.59 Å². The van der Waals surface area contributed by atoms with Crippen molar-refractivity contribution in [2.45, 2.75) is 72.9 Å². The summed E-state index contributed by atoms with van der Waals surface area (Å²) in [5.41, 5.74) is 0.433. The van der Waals surface area contributed by atoms with Crippen LogP contribution in [-0.2, 0) is 9.45 Å². The van der Waals surface area contributed by atoms with E-state index in [4.69, 9.17) is 27.9 Å². The second-order valence-electron chi connectivity index (χ2n) is 10.5. The van der Waals surface area contributed by atoms with E-state index in [-0.39, 0.29) is 34.6 Å². The van der Waals surface area contributed by atoms with E-state index in [2.05, 4.69) is 38.3 Å². The maximum absolute atomic E-state index is 12.6. The summed E-state index contributed by atoms with van der Waals surface area (Å²) in [6, 6.07) is 4.56. The summed E-state index contributed by atoms with van der Waals surface area (Å²) in [5.74, 6) is -0.485. The van der Waals surface area contributed by atoms with Crippen molar-refractivity contribution in [1.29, 1.82) is 0 Å². The van der Waals surface area contributed by atoms with Crippen LogP contribution in [0.15, 0.2) is 18.2 Å². The van der Waals surface area contributed by atoms with Crippen molar-refractivity contribution in [2.75, 3.05) is 6.54 Å². The number of benzene rings is 1. The zero-order valence-corrected chi connectivity index (χ0v) is 22.0. The number of nitrogens with one attached hydrogen (secondary N) is 2. The molecule has 0 aromatic heterocycles. The highest BCUT2D eigenvalue weighted by Gasteiger charge is 2.41. The minimum atomic E-state index is -1.13. The maximum atomic E-state index is 12.6. The molecule has 0 aliphatic heterocycles. The zero-order chi connectivity index (χ0) is 24.9. The van der Waals surface area contributed by atoms with Crippen molar-refractivity contribution < 1.29 is 19.3 Å². The number of rotatable bonds is 9. The molecule has 0 bridgehead atoms. The van der Waals surface area contributed by atoms with Crippen LogP contribution < -0.4 is 10.6 Å². The molecule has 4 atom stereocenters. The molecule has 184 valence electrons. The second-order valence-corrected chi connectivity index (χ2v) is 11.3. The molecular formula is C24H37BCl2N2O4. The lowest BCUT2D eigenvalue weighted by Crippen LogP contribution is -2.53. The highest BCUT2D eigenvalue weighted by Crippen LogP contribution is 2.44. The Morgan fingerprint density at radius 2 is 1.94 bits per heavy atom. The minimum absolute atomic E-state index is 0.0701. The van der Waals surface area contributed by atoms with Gasteiger partial charge in [0.1, 0.15) is 0 Å². The van der Waals surface area contributed by atoms with Crippen LogP contribution in [0.4, 0.5) is 0 Å². The Balaban J connectivity index is 1.96. The smallest absolute Gasteiger partial charge is 0.426 e. The van der Waals surface area contributed by atoms with Crippen molar-refractivity contribution in [3.05, 3.63) is 33.8 Å². The predicted molar refractivity (Wildman–Crippen MR) is 134 cm³/mol. The monoisotopic (exact) mass is 498 g/mol. The second kappa shape index (κ2) is 11.9. The number of carbonyl (C=O) groups is 2. The van der Waals surface area contributed by atoms with Crippen molar-refractivity contribution >= 4 is 42.1 Å². The molecule has 1 saturated carbocycles. The molecule has 2 rings (SSSR count). The molecule has 2 unspecified atom stereocenters. The average Bonchev–Trinajstić information content (AvgIpc) is 2.70. The van der Waals surface area contributed by atoms with E-state index in [0.29, 0.717) is 23.3 Å². The van der Waals surface area contributed by atoms with Gasteiger partial charge in [0.2, 0.25) is 5.91 Å². The number of amides is 2. The van der Waals surface area contributed by atoms with E-state index in [1.165, 1.54) is 12.1 Å². The molecule has 1 aliphatic carbocycles. The summed E-state index contributed by atoms with van der Waals surface area (Å²) in [4.78, 5) is 25.0. The fourth-order valence-electron chi connectivity index (χ4n) is 4.47.